The molecule has 0 saturated heterocycles. The van der Waals surface area contributed by atoms with Gasteiger partial charge in [-0.1, -0.05) is 46.8 Å². The van der Waals surface area contributed by atoms with Gasteiger partial charge in [0.1, 0.15) is 0 Å². The van der Waals surface area contributed by atoms with Crippen molar-refractivity contribution < 1.29 is 4.79 Å². The van der Waals surface area contributed by atoms with Crippen LogP contribution in [-0.2, 0) is 0 Å². The van der Waals surface area contributed by atoms with Crippen molar-refractivity contribution in [3.8, 4) is 0 Å². The van der Waals surface area contributed by atoms with Crippen LogP contribution in [0.3, 0.4) is 0 Å². The zero-order valence-electron chi connectivity index (χ0n) is 13.6. The van der Waals surface area contributed by atoms with Gasteiger partial charge in [0.05, 0.1) is 0 Å². The van der Waals surface area contributed by atoms with Gasteiger partial charge in [0, 0.05) is 30.3 Å². The summed E-state index contributed by atoms with van der Waals surface area (Å²) in [4.78, 5) is 14.6. The van der Waals surface area contributed by atoms with Crippen molar-refractivity contribution in [2.45, 2.75) is 59.9 Å². The van der Waals surface area contributed by atoms with Gasteiger partial charge in [-0.25, -0.2) is 0 Å². The average molecular weight is 275 g/mol. The molecule has 20 heavy (non-hydrogen) atoms. The van der Waals surface area contributed by atoms with Crippen molar-refractivity contribution in [3.05, 3.63) is 29.8 Å². The first-order valence-electron chi connectivity index (χ1n) is 7.93. The van der Waals surface area contributed by atoms with E-state index in [0.29, 0.717) is 18.4 Å². The molecule has 2 heteroatoms. The second-order valence-corrected chi connectivity index (χ2v) is 5.81. The predicted molar refractivity (Wildman–Crippen MR) is 87.6 cm³/mol. The molecule has 0 saturated carbocycles. The monoisotopic (exact) mass is 275 g/mol. The maximum absolute atomic E-state index is 12.2. The van der Waals surface area contributed by atoms with E-state index in [1.54, 1.807) is 0 Å². The van der Waals surface area contributed by atoms with Gasteiger partial charge in [0.2, 0.25) is 0 Å². The smallest absolute Gasteiger partial charge is 0.164 e. The van der Waals surface area contributed by atoms with Crippen LogP contribution >= 0.6 is 0 Å². The molecule has 0 aliphatic heterocycles. The molecule has 1 aromatic rings. The molecule has 0 radical (unpaired) electrons. The second-order valence-electron chi connectivity index (χ2n) is 5.81. The average Bonchev–Trinajstić information content (AvgIpc) is 2.46. The van der Waals surface area contributed by atoms with E-state index >= 15 is 0 Å². The maximum Gasteiger partial charge on any atom is 0.164 e. The highest BCUT2D eigenvalue weighted by Crippen LogP contribution is 2.27. The van der Waals surface area contributed by atoms with Crippen LogP contribution in [0.2, 0.25) is 0 Å². The molecule has 1 aromatic carbocycles. The standard InChI is InChI=1S/C18H29NO/c1-6-15(7-2)19(13-14(4)5)17-12-10-9-11-16(17)18(20)8-3/h9-12,14-15H,6-8,13H2,1-5H3. The number of hydrogen-bond acceptors (Lipinski definition) is 2. The quantitative estimate of drug-likeness (QED) is 0.627. The minimum Gasteiger partial charge on any atom is -0.368 e. The molecule has 0 fully saturated rings. The van der Waals surface area contributed by atoms with Crippen LogP contribution in [0.4, 0.5) is 5.69 Å². The molecule has 1 rings (SSSR count). The molecule has 0 amide bonds. The first kappa shape index (κ1) is 16.7. The molecule has 0 unspecified atom stereocenters. The lowest BCUT2D eigenvalue weighted by molar-refractivity contribution is 0.0988. The Morgan fingerprint density at radius 2 is 1.70 bits per heavy atom. The fourth-order valence-electron chi connectivity index (χ4n) is 2.72. The van der Waals surface area contributed by atoms with Gasteiger partial charge in [0.15, 0.2) is 5.78 Å². The van der Waals surface area contributed by atoms with Crippen molar-refractivity contribution in [1.82, 2.24) is 0 Å². The third kappa shape index (κ3) is 4.09. The first-order chi connectivity index (χ1) is 9.54. The molecule has 112 valence electrons. The largest absolute Gasteiger partial charge is 0.368 e. The van der Waals surface area contributed by atoms with Crippen LogP contribution in [0.15, 0.2) is 24.3 Å². The van der Waals surface area contributed by atoms with Gasteiger partial charge in [-0.3, -0.25) is 4.79 Å². The topological polar surface area (TPSA) is 20.3 Å². The van der Waals surface area contributed by atoms with Gasteiger partial charge < -0.3 is 4.90 Å². The third-order valence-electron chi connectivity index (χ3n) is 3.78. The van der Waals surface area contributed by atoms with E-state index in [-0.39, 0.29) is 5.78 Å². The summed E-state index contributed by atoms with van der Waals surface area (Å²) < 4.78 is 0. The highest BCUT2D eigenvalue weighted by molar-refractivity contribution is 6.01. The summed E-state index contributed by atoms with van der Waals surface area (Å²) in [6, 6.07) is 8.58. The van der Waals surface area contributed by atoms with E-state index in [9.17, 15) is 4.79 Å². The molecule has 2 nitrogen and oxygen atoms in total. The normalized spacial score (nSPS) is 11.2. The number of ketones is 1. The highest BCUT2D eigenvalue weighted by atomic mass is 16.1. The van der Waals surface area contributed by atoms with E-state index in [1.165, 1.54) is 0 Å². The predicted octanol–water partition coefficient (Wildman–Crippen LogP) is 4.93. The fraction of sp³-hybridized carbons (Fsp3) is 0.611. The maximum atomic E-state index is 12.2. The summed E-state index contributed by atoms with van der Waals surface area (Å²) in [5.41, 5.74) is 1.99. The minimum absolute atomic E-state index is 0.236. The Balaban J connectivity index is 3.22. The second kappa shape index (κ2) is 8.08. The summed E-state index contributed by atoms with van der Waals surface area (Å²) in [5, 5.41) is 0. The molecule has 0 N–H and O–H groups in total. The summed E-state index contributed by atoms with van der Waals surface area (Å²) in [6.07, 6.45) is 2.78. The molecule has 0 atom stereocenters. The van der Waals surface area contributed by atoms with Crippen LogP contribution in [0.5, 0.6) is 0 Å². The number of benzene rings is 1. The van der Waals surface area contributed by atoms with Gasteiger partial charge in [-0.15, -0.1) is 0 Å². The van der Waals surface area contributed by atoms with Gasteiger partial charge in [-0.05, 0) is 30.9 Å². The SMILES string of the molecule is CCC(=O)c1ccccc1N(CC(C)C)C(CC)CC. The summed E-state index contributed by atoms with van der Waals surface area (Å²) in [5.74, 6) is 0.820. The molecule has 0 spiro atoms. The summed E-state index contributed by atoms with van der Waals surface area (Å²) in [7, 11) is 0. The van der Waals surface area contributed by atoms with Crippen LogP contribution < -0.4 is 4.90 Å². The molecule has 0 bridgehead atoms. The Bertz CT molecular complexity index is 421. The number of carbonyl (C=O) groups excluding carboxylic acids is 1. The van der Waals surface area contributed by atoms with Crippen LogP contribution in [-0.4, -0.2) is 18.4 Å². The number of rotatable bonds is 8. The lowest BCUT2D eigenvalue weighted by Gasteiger charge is -2.35. The highest BCUT2D eigenvalue weighted by Gasteiger charge is 2.21. The molecule has 0 aliphatic carbocycles. The fourth-order valence-corrected chi connectivity index (χ4v) is 2.72. The summed E-state index contributed by atoms with van der Waals surface area (Å²) >= 11 is 0. The van der Waals surface area contributed by atoms with Crippen LogP contribution in [0.25, 0.3) is 0 Å². The Kier molecular flexibility index (Phi) is 6.77. The lowest BCUT2D eigenvalue weighted by Crippen LogP contribution is -2.38. The number of nitrogens with zero attached hydrogens (tertiary/aromatic N) is 1. The van der Waals surface area contributed by atoms with Gasteiger partial charge >= 0.3 is 0 Å². The molecule has 0 aromatic heterocycles. The number of carbonyl (C=O) groups is 1. The van der Waals surface area contributed by atoms with Crippen LogP contribution in [0.1, 0.15) is 64.2 Å². The molecular weight excluding hydrogens is 246 g/mol. The van der Waals surface area contributed by atoms with E-state index in [2.05, 4.69) is 38.7 Å². The lowest BCUT2D eigenvalue weighted by atomic mass is 10.0. The zero-order chi connectivity index (χ0) is 15.1. The molecular formula is C18H29NO. The Morgan fingerprint density at radius 1 is 1.10 bits per heavy atom. The number of hydrogen-bond donors (Lipinski definition) is 0. The van der Waals surface area contributed by atoms with E-state index in [1.807, 2.05) is 25.1 Å². The van der Waals surface area contributed by atoms with Crippen molar-refractivity contribution in [2.24, 2.45) is 5.92 Å². The Hall–Kier alpha value is -1.31. The minimum atomic E-state index is 0.236. The summed E-state index contributed by atoms with van der Waals surface area (Å²) in [6.45, 7) is 11.9. The van der Waals surface area contributed by atoms with E-state index < -0.39 is 0 Å². The molecule has 0 heterocycles. The number of Topliss-reactive ketones (excluding diaryl/α,β-unsaturated/α-hetero) is 1. The number of anilines is 1. The number of para-hydroxylation sites is 1. The van der Waals surface area contributed by atoms with Crippen LogP contribution in [0, 0.1) is 5.92 Å². The first-order valence-corrected chi connectivity index (χ1v) is 7.93. The van der Waals surface area contributed by atoms with Crippen molar-refractivity contribution in [1.29, 1.82) is 0 Å². The van der Waals surface area contributed by atoms with Crippen molar-refractivity contribution in [2.75, 3.05) is 11.4 Å². The van der Waals surface area contributed by atoms with E-state index in [0.717, 1.165) is 30.6 Å². The Morgan fingerprint density at radius 3 is 2.20 bits per heavy atom. The zero-order valence-corrected chi connectivity index (χ0v) is 13.6. The Labute approximate surface area is 124 Å². The van der Waals surface area contributed by atoms with E-state index in [4.69, 9.17) is 0 Å². The van der Waals surface area contributed by atoms with Crippen molar-refractivity contribution in [3.63, 3.8) is 0 Å². The third-order valence-corrected chi connectivity index (χ3v) is 3.78. The molecule has 0 aliphatic rings. The van der Waals surface area contributed by atoms with Crippen molar-refractivity contribution >= 4 is 11.5 Å². The van der Waals surface area contributed by atoms with Gasteiger partial charge in [0.25, 0.3) is 0 Å². The van der Waals surface area contributed by atoms with Gasteiger partial charge in [-0.2, -0.15) is 0 Å².